The quantitative estimate of drug-likeness (QED) is 0.0936. The summed E-state index contributed by atoms with van der Waals surface area (Å²) >= 11 is 1.95. The summed E-state index contributed by atoms with van der Waals surface area (Å²) in [6.45, 7) is 0. The number of halogens is 20. The minimum absolute atomic E-state index is 0.0930. The first-order valence-electron chi connectivity index (χ1n) is 18.4. The summed E-state index contributed by atoms with van der Waals surface area (Å²) in [5.74, 6) is -47.9. The molecular formula is C44H4F20S5. The van der Waals surface area contributed by atoms with Crippen LogP contribution in [-0.4, -0.2) is 0 Å². The molecule has 0 radical (unpaired) electrons. The Hall–Kier alpha value is -6.02. The van der Waals surface area contributed by atoms with E-state index in [-0.39, 0.29) is 60.5 Å². The molecule has 0 unspecified atom stereocenters. The molecule has 0 nitrogen and oxygen atoms in total. The fourth-order valence-corrected chi connectivity index (χ4v) is 14.7. The second kappa shape index (κ2) is 15.2. The van der Waals surface area contributed by atoms with Crippen LogP contribution in [0.3, 0.4) is 0 Å². The fraction of sp³-hybridized carbons (Fsp3) is 0. The van der Waals surface area contributed by atoms with Gasteiger partial charge in [-0.15, -0.1) is 56.7 Å². The SMILES string of the molecule is Fc1c(F)c(F)c(-c2cc3c4cc(-c5c(F)c(F)c(F)c(F)c5F)sc4c4c(sc5c6sc(-c7c(F)c(F)c(F)c(F)c7F)cc6c6cc(-c7c(F)c(F)c(F)c(F)c7F)sc6c54)c3s2)c(F)c1F. The molecule has 0 atom stereocenters. The Labute approximate surface area is 385 Å². The van der Waals surface area contributed by atoms with E-state index in [1.165, 1.54) is 0 Å². The molecule has 0 bridgehead atoms. The number of hydrogen-bond acceptors (Lipinski definition) is 5. The smallest absolute Gasteiger partial charge is 0.200 e. The maximum atomic E-state index is 15.5. The van der Waals surface area contributed by atoms with E-state index in [0.717, 1.165) is 24.3 Å². The monoisotopic (exact) mass is 1070 g/mol. The van der Waals surface area contributed by atoms with Gasteiger partial charge in [-0.2, -0.15) is 0 Å². The molecule has 5 aromatic heterocycles. The van der Waals surface area contributed by atoms with Crippen molar-refractivity contribution in [1.29, 1.82) is 0 Å². The molecule has 0 saturated carbocycles. The largest absolute Gasteiger partial charge is 0.203 e. The van der Waals surface area contributed by atoms with E-state index in [4.69, 9.17) is 0 Å². The average Bonchev–Trinajstić information content (AvgIpc) is 4.18. The van der Waals surface area contributed by atoms with E-state index in [9.17, 15) is 52.7 Å². The zero-order chi connectivity index (χ0) is 49.5. The third kappa shape index (κ3) is 5.93. The number of rotatable bonds is 4. The molecule has 0 fully saturated rings. The van der Waals surface area contributed by atoms with Gasteiger partial charge in [-0.3, -0.25) is 0 Å². The highest BCUT2D eigenvalue weighted by atomic mass is 32.1. The minimum atomic E-state index is -2.55. The van der Waals surface area contributed by atoms with E-state index in [0.29, 0.717) is 56.7 Å². The van der Waals surface area contributed by atoms with Crippen LogP contribution in [0.1, 0.15) is 0 Å². The molecule has 0 N–H and O–H groups in total. The molecule has 11 aromatic rings. The zero-order valence-corrected chi connectivity index (χ0v) is 36.0. The second-order valence-electron chi connectivity index (χ2n) is 14.7. The third-order valence-corrected chi connectivity index (χ3v) is 17.3. The molecule has 25 heteroatoms. The van der Waals surface area contributed by atoms with E-state index >= 15 is 35.1 Å². The lowest BCUT2D eigenvalue weighted by Crippen LogP contribution is -2.03. The number of hydrogen-bond donors (Lipinski definition) is 0. The Balaban J connectivity index is 1.36. The average molecular weight is 1070 g/mol. The maximum Gasteiger partial charge on any atom is 0.200 e. The van der Waals surface area contributed by atoms with Crippen LogP contribution >= 0.6 is 56.7 Å². The van der Waals surface area contributed by atoms with Gasteiger partial charge < -0.3 is 0 Å². The van der Waals surface area contributed by atoms with Crippen molar-refractivity contribution in [3.05, 3.63) is 141 Å². The number of fused-ring (bicyclic) bond motifs is 13. The van der Waals surface area contributed by atoms with Gasteiger partial charge in [-0.25, -0.2) is 87.8 Å². The summed E-state index contributed by atoms with van der Waals surface area (Å²) < 4.78 is 296. The van der Waals surface area contributed by atoms with Crippen molar-refractivity contribution >= 4 is 117 Å². The highest BCUT2D eigenvalue weighted by molar-refractivity contribution is 7.37. The Morgan fingerprint density at radius 1 is 0.188 bits per heavy atom. The van der Waals surface area contributed by atoms with E-state index in [1.54, 1.807) is 0 Å². The molecule has 350 valence electrons. The first-order chi connectivity index (χ1) is 32.6. The van der Waals surface area contributed by atoms with Crippen LogP contribution in [0.15, 0.2) is 24.3 Å². The Morgan fingerprint density at radius 3 is 0.580 bits per heavy atom. The van der Waals surface area contributed by atoms with Gasteiger partial charge in [0.2, 0.25) is 23.3 Å². The zero-order valence-electron chi connectivity index (χ0n) is 31.9. The summed E-state index contributed by atoms with van der Waals surface area (Å²) in [5.41, 5.74) is -5.98. The van der Waals surface area contributed by atoms with E-state index < -0.39 is 158 Å². The first kappa shape index (κ1) is 45.4. The minimum Gasteiger partial charge on any atom is -0.203 e. The van der Waals surface area contributed by atoms with Crippen LogP contribution in [-0.2, 0) is 0 Å². The van der Waals surface area contributed by atoms with Gasteiger partial charge in [0.05, 0.1) is 41.1 Å². The highest BCUT2D eigenvalue weighted by Crippen LogP contribution is 2.58. The van der Waals surface area contributed by atoms with Gasteiger partial charge in [-0.05, 0) is 24.3 Å². The van der Waals surface area contributed by atoms with Crippen molar-refractivity contribution in [3.8, 4) is 41.8 Å². The van der Waals surface area contributed by atoms with Gasteiger partial charge in [0.15, 0.2) is 93.1 Å². The fourth-order valence-electron chi connectivity index (χ4n) is 8.04. The summed E-state index contributed by atoms with van der Waals surface area (Å²) in [7, 11) is 0. The number of benzene rings is 6. The number of thiophene rings is 5. The summed E-state index contributed by atoms with van der Waals surface area (Å²) in [5, 5.41) is -1.27. The normalized spacial score (nSPS) is 12.3. The van der Waals surface area contributed by atoms with Gasteiger partial charge in [0.1, 0.15) is 0 Å². The van der Waals surface area contributed by atoms with Crippen LogP contribution in [0, 0.1) is 116 Å². The van der Waals surface area contributed by atoms with Crippen LogP contribution < -0.4 is 0 Å². The molecule has 0 aliphatic rings. The standard InChI is InChI=1S/C44H4F20S5/c45-19-13(20(46)28(54)35(61)27(19)53)9-1-5-7-3-11(15-23(49)31(57)37(63)32(58)24(15)50)67-41(7)43-17(39(5)65-9)18-40-6(2-10(66-40)14-21(47)29(55)36(62)30(56)22(14)48)8-4-12(68-42(8)44(18)69-43)16-25(51)33(59)38(64)34(60)26(16)52/h1-4H. The predicted octanol–water partition coefficient (Wildman–Crippen LogP) is 18.4. The van der Waals surface area contributed by atoms with Gasteiger partial charge in [0, 0.05) is 61.2 Å². The van der Waals surface area contributed by atoms with Crippen molar-refractivity contribution in [2.24, 2.45) is 0 Å². The molecule has 11 rings (SSSR count). The molecule has 69 heavy (non-hydrogen) atoms. The molecule has 0 aliphatic heterocycles. The molecular weight excluding hydrogens is 1070 g/mol. The Bertz CT molecular complexity index is 3830. The lowest BCUT2D eigenvalue weighted by Gasteiger charge is -2.06. The summed E-state index contributed by atoms with van der Waals surface area (Å²) in [6.07, 6.45) is 0. The first-order valence-corrected chi connectivity index (χ1v) is 22.5. The van der Waals surface area contributed by atoms with Crippen molar-refractivity contribution in [2.75, 3.05) is 0 Å². The second-order valence-corrected chi connectivity index (χ2v) is 19.9. The van der Waals surface area contributed by atoms with Crippen LogP contribution in [0.4, 0.5) is 87.8 Å². The van der Waals surface area contributed by atoms with E-state index in [2.05, 4.69) is 0 Å². The van der Waals surface area contributed by atoms with E-state index in [1.807, 2.05) is 0 Å². The summed E-state index contributed by atoms with van der Waals surface area (Å²) in [4.78, 5) is -2.86. The van der Waals surface area contributed by atoms with Crippen LogP contribution in [0.2, 0.25) is 0 Å². The summed E-state index contributed by atoms with van der Waals surface area (Å²) in [6, 6.07) is 3.47. The van der Waals surface area contributed by atoms with Gasteiger partial charge in [-0.1, -0.05) is 0 Å². The molecule has 0 amide bonds. The van der Waals surface area contributed by atoms with Crippen LogP contribution in [0.25, 0.3) is 102 Å². The molecule has 6 aromatic carbocycles. The Morgan fingerprint density at radius 2 is 0.362 bits per heavy atom. The van der Waals surface area contributed by atoms with Crippen molar-refractivity contribution in [3.63, 3.8) is 0 Å². The van der Waals surface area contributed by atoms with Crippen molar-refractivity contribution in [2.45, 2.75) is 0 Å². The predicted molar refractivity (Wildman–Crippen MR) is 222 cm³/mol. The van der Waals surface area contributed by atoms with Crippen molar-refractivity contribution < 1.29 is 87.8 Å². The van der Waals surface area contributed by atoms with Crippen molar-refractivity contribution in [1.82, 2.24) is 0 Å². The lowest BCUT2D eigenvalue weighted by atomic mass is 10.0. The van der Waals surface area contributed by atoms with Gasteiger partial charge in [0.25, 0.3) is 0 Å². The molecule has 5 heterocycles. The van der Waals surface area contributed by atoms with Crippen LogP contribution in [0.5, 0.6) is 0 Å². The third-order valence-electron chi connectivity index (χ3n) is 11.1. The van der Waals surface area contributed by atoms with Gasteiger partial charge >= 0.3 is 0 Å². The highest BCUT2D eigenvalue weighted by Gasteiger charge is 2.35. The maximum absolute atomic E-state index is 15.5. The Kier molecular flexibility index (Phi) is 10.0. The topological polar surface area (TPSA) is 0 Å². The lowest BCUT2D eigenvalue weighted by molar-refractivity contribution is 0.381. The molecule has 0 spiro atoms. The molecule has 0 saturated heterocycles. The molecule has 0 aliphatic carbocycles.